The van der Waals surface area contributed by atoms with Gasteiger partial charge in [0.1, 0.15) is 11.9 Å². The number of aromatic nitrogens is 3. The number of piperidine rings is 1. The van der Waals surface area contributed by atoms with Crippen molar-refractivity contribution in [2.24, 2.45) is 0 Å². The SMILES string of the molecule is Cc1ccc(O[C@H]2CCCN(C(=O)c3cc(C4CC4)on3)C2)nn1. The smallest absolute Gasteiger partial charge is 0.276 e. The van der Waals surface area contributed by atoms with Gasteiger partial charge in [-0.15, -0.1) is 5.10 Å². The molecule has 1 aliphatic heterocycles. The van der Waals surface area contributed by atoms with E-state index in [1.54, 1.807) is 11.0 Å². The molecule has 1 saturated carbocycles. The van der Waals surface area contributed by atoms with E-state index in [1.807, 2.05) is 19.1 Å². The second kappa shape index (κ2) is 6.22. The first kappa shape index (κ1) is 15.1. The molecule has 7 heteroatoms. The summed E-state index contributed by atoms with van der Waals surface area (Å²) < 4.78 is 11.2. The molecule has 2 aromatic heterocycles. The Bertz CT molecular complexity index is 724. The molecule has 0 bridgehead atoms. The summed E-state index contributed by atoms with van der Waals surface area (Å²) in [6.07, 6.45) is 3.96. The lowest BCUT2D eigenvalue weighted by atomic mass is 10.1. The number of amides is 1. The summed E-state index contributed by atoms with van der Waals surface area (Å²) >= 11 is 0. The maximum absolute atomic E-state index is 12.6. The van der Waals surface area contributed by atoms with Crippen LogP contribution in [0.15, 0.2) is 22.7 Å². The number of hydrogen-bond acceptors (Lipinski definition) is 6. The van der Waals surface area contributed by atoms with Crippen molar-refractivity contribution in [1.29, 1.82) is 0 Å². The highest BCUT2D eigenvalue weighted by Gasteiger charge is 2.31. The van der Waals surface area contributed by atoms with Crippen LogP contribution >= 0.6 is 0 Å². The summed E-state index contributed by atoms with van der Waals surface area (Å²) in [5, 5.41) is 12.0. The van der Waals surface area contributed by atoms with E-state index in [9.17, 15) is 4.79 Å². The van der Waals surface area contributed by atoms with E-state index >= 15 is 0 Å². The zero-order chi connectivity index (χ0) is 16.5. The first-order chi connectivity index (χ1) is 11.7. The number of rotatable bonds is 4. The van der Waals surface area contributed by atoms with Crippen LogP contribution in [-0.2, 0) is 0 Å². The zero-order valence-corrected chi connectivity index (χ0v) is 13.6. The van der Waals surface area contributed by atoms with E-state index < -0.39 is 0 Å². The fourth-order valence-corrected chi connectivity index (χ4v) is 2.95. The largest absolute Gasteiger partial charge is 0.471 e. The van der Waals surface area contributed by atoms with E-state index in [0.717, 1.165) is 37.1 Å². The Hall–Kier alpha value is -2.44. The summed E-state index contributed by atoms with van der Waals surface area (Å²) in [6, 6.07) is 5.46. The molecular formula is C17H20N4O3. The minimum Gasteiger partial charge on any atom is -0.471 e. The molecule has 1 amide bonds. The van der Waals surface area contributed by atoms with Crippen molar-refractivity contribution < 1.29 is 14.1 Å². The number of carbonyl (C=O) groups is 1. The highest BCUT2D eigenvalue weighted by atomic mass is 16.5. The Kier molecular flexibility index (Phi) is 3.92. The van der Waals surface area contributed by atoms with Gasteiger partial charge in [-0.25, -0.2) is 0 Å². The third-order valence-electron chi connectivity index (χ3n) is 4.45. The molecule has 2 aromatic rings. The third kappa shape index (κ3) is 3.25. The van der Waals surface area contributed by atoms with E-state index in [4.69, 9.17) is 9.26 Å². The van der Waals surface area contributed by atoms with Crippen LogP contribution in [0.4, 0.5) is 0 Å². The Labute approximate surface area is 140 Å². The minimum atomic E-state index is -0.0889. The van der Waals surface area contributed by atoms with Gasteiger partial charge >= 0.3 is 0 Å². The van der Waals surface area contributed by atoms with Crippen LogP contribution in [0.5, 0.6) is 5.88 Å². The average Bonchev–Trinajstić information content (AvgIpc) is 3.34. The Morgan fingerprint density at radius 2 is 2.17 bits per heavy atom. The molecule has 0 radical (unpaired) electrons. The van der Waals surface area contributed by atoms with Crippen molar-refractivity contribution >= 4 is 5.91 Å². The highest BCUT2D eigenvalue weighted by molar-refractivity contribution is 5.92. The van der Waals surface area contributed by atoms with Crippen LogP contribution in [0.3, 0.4) is 0 Å². The van der Waals surface area contributed by atoms with Crippen molar-refractivity contribution in [1.82, 2.24) is 20.3 Å². The number of hydrogen-bond donors (Lipinski definition) is 0. The van der Waals surface area contributed by atoms with Gasteiger partial charge in [0.2, 0.25) is 5.88 Å². The normalized spacial score (nSPS) is 20.9. The quantitative estimate of drug-likeness (QED) is 0.857. The highest BCUT2D eigenvalue weighted by Crippen LogP contribution is 2.40. The van der Waals surface area contributed by atoms with E-state index in [0.29, 0.717) is 30.6 Å². The lowest BCUT2D eigenvalue weighted by molar-refractivity contribution is 0.0516. The van der Waals surface area contributed by atoms with Gasteiger partial charge in [0, 0.05) is 24.6 Å². The Morgan fingerprint density at radius 3 is 2.92 bits per heavy atom. The van der Waals surface area contributed by atoms with Crippen LogP contribution < -0.4 is 4.74 Å². The first-order valence-electron chi connectivity index (χ1n) is 8.42. The monoisotopic (exact) mass is 328 g/mol. The number of nitrogens with zero attached hydrogens (tertiary/aromatic N) is 4. The second-order valence-electron chi connectivity index (χ2n) is 6.54. The zero-order valence-electron chi connectivity index (χ0n) is 13.6. The predicted molar refractivity (Wildman–Crippen MR) is 84.8 cm³/mol. The van der Waals surface area contributed by atoms with E-state index in [1.165, 1.54) is 0 Å². The maximum atomic E-state index is 12.6. The van der Waals surface area contributed by atoms with Crippen LogP contribution in [0.2, 0.25) is 0 Å². The molecule has 1 atom stereocenters. The van der Waals surface area contributed by atoms with E-state index in [-0.39, 0.29) is 12.0 Å². The third-order valence-corrected chi connectivity index (χ3v) is 4.45. The van der Waals surface area contributed by atoms with Crippen molar-refractivity contribution in [3.8, 4) is 5.88 Å². The summed E-state index contributed by atoms with van der Waals surface area (Å²) in [5.41, 5.74) is 1.24. The first-order valence-corrected chi connectivity index (χ1v) is 8.42. The van der Waals surface area contributed by atoms with Gasteiger partial charge in [-0.05, 0) is 38.7 Å². The number of ether oxygens (including phenoxy) is 1. The molecule has 0 N–H and O–H groups in total. The lowest BCUT2D eigenvalue weighted by Crippen LogP contribution is -2.44. The second-order valence-corrected chi connectivity index (χ2v) is 6.54. The van der Waals surface area contributed by atoms with Gasteiger partial charge in [0.05, 0.1) is 12.2 Å². The fourth-order valence-electron chi connectivity index (χ4n) is 2.95. The number of aryl methyl sites for hydroxylation is 1. The van der Waals surface area contributed by atoms with Gasteiger partial charge in [-0.2, -0.15) is 5.10 Å². The van der Waals surface area contributed by atoms with Gasteiger partial charge in [0.15, 0.2) is 5.69 Å². The van der Waals surface area contributed by atoms with Crippen LogP contribution in [0.1, 0.15) is 53.5 Å². The van der Waals surface area contributed by atoms with Gasteiger partial charge in [0.25, 0.3) is 5.91 Å². The standard InChI is InChI=1S/C17H20N4O3/c1-11-4-7-16(19-18-11)23-13-3-2-8-21(10-13)17(22)14-9-15(24-20-14)12-5-6-12/h4,7,9,12-13H,2-3,5-6,8,10H2,1H3/t13-/m0/s1. The average molecular weight is 328 g/mol. The summed E-state index contributed by atoms with van der Waals surface area (Å²) in [7, 11) is 0. The van der Waals surface area contributed by atoms with Crippen molar-refractivity contribution in [2.75, 3.05) is 13.1 Å². The molecule has 1 saturated heterocycles. The molecule has 7 nitrogen and oxygen atoms in total. The summed E-state index contributed by atoms with van der Waals surface area (Å²) in [5.74, 6) is 1.70. The molecular weight excluding hydrogens is 308 g/mol. The van der Waals surface area contributed by atoms with Crippen molar-refractivity contribution in [3.05, 3.63) is 35.3 Å². The van der Waals surface area contributed by atoms with Gasteiger partial charge in [-0.3, -0.25) is 4.79 Å². The number of likely N-dealkylation sites (tertiary alicyclic amines) is 1. The fraction of sp³-hybridized carbons (Fsp3) is 0.529. The van der Waals surface area contributed by atoms with Gasteiger partial charge < -0.3 is 14.2 Å². The molecule has 3 heterocycles. The predicted octanol–water partition coefficient (Wildman–Crippen LogP) is 2.33. The topological polar surface area (TPSA) is 81.4 Å². The lowest BCUT2D eigenvalue weighted by Gasteiger charge is -2.32. The summed E-state index contributed by atoms with van der Waals surface area (Å²) in [6.45, 7) is 3.12. The molecule has 24 heavy (non-hydrogen) atoms. The summed E-state index contributed by atoms with van der Waals surface area (Å²) in [4.78, 5) is 14.4. The van der Waals surface area contributed by atoms with E-state index in [2.05, 4.69) is 15.4 Å². The Balaban J connectivity index is 1.39. The van der Waals surface area contributed by atoms with Crippen LogP contribution in [0.25, 0.3) is 0 Å². The van der Waals surface area contributed by atoms with Crippen molar-refractivity contribution in [2.45, 2.75) is 44.6 Å². The maximum Gasteiger partial charge on any atom is 0.276 e. The van der Waals surface area contributed by atoms with Crippen LogP contribution in [-0.4, -0.2) is 45.4 Å². The molecule has 2 aliphatic rings. The molecule has 0 spiro atoms. The molecule has 1 aliphatic carbocycles. The van der Waals surface area contributed by atoms with Gasteiger partial charge in [-0.1, -0.05) is 5.16 Å². The Morgan fingerprint density at radius 1 is 1.29 bits per heavy atom. The molecule has 2 fully saturated rings. The molecule has 0 aromatic carbocycles. The van der Waals surface area contributed by atoms with Crippen LogP contribution in [0, 0.1) is 6.92 Å². The molecule has 0 unspecified atom stereocenters. The number of carbonyl (C=O) groups excluding carboxylic acids is 1. The van der Waals surface area contributed by atoms with Crippen molar-refractivity contribution in [3.63, 3.8) is 0 Å². The molecule has 126 valence electrons. The minimum absolute atomic E-state index is 0.0745. The molecule has 4 rings (SSSR count).